The zero-order chi connectivity index (χ0) is 11.8. The van der Waals surface area contributed by atoms with E-state index >= 15 is 0 Å². The molecule has 3 rings (SSSR count). The predicted molar refractivity (Wildman–Crippen MR) is 69.3 cm³/mol. The van der Waals surface area contributed by atoms with Gasteiger partial charge in [-0.3, -0.25) is 0 Å². The van der Waals surface area contributed by atoms with E-state index in [1.807, 2.05) is 0 Å². The van der Waals surface area contributed by atoms with E-state index in [1.54, 1.807) is 0 Å². The van der Waals surface area contributed by atoms with E-state index in [4.69, 9.17) is 4.74 Å². The third kappa shape index (κ3) is 1.90. The highest BCUT2D eigenvalue weighted by atomic mass is 16.5. The van der Waals surface area contributed by atoms with E-state index in [2.05, 4.69) is 37.4 Å². The van der Waals surface area contributed by atoms with Crippen molar-refractivity contribution in [1.29, 1.82) is 0 Å². The lowest BCUT2D eigenvalue weighted by Gasteiger charge is -2.39. The molecule has 92 valence electrons. The normalized spacial score (nSPS) is 27.7. The Morgan fingerprint density at radius 1 is 1.35 bits per heavy atom. The van der Waals surface area contributed by atoms with Crippen LogP contribution in [0.3, 0.4) is 0 Å². The lowest BCUT2D eigenvalue weighted by atomic mass is 9.79. The fourth-order valence-electron chi connectivity index (χ4n) is 3.22. The van der Waals surface area contributed by atoms with Gasteiger partial charge < -0.3 is 10.1 Å². The number of nitrogens with one attached hydrogen (secondary N) is 1. The fourth-order valence-corrected chi connectivity index (χ4v) is 3.22. The predicted octanol–water partition coefficient (Wildman–Crippen LogP) is 2.79. The average Bonchev–Trinajstić information content (AvgIpc) is 2.37. The summed E-state index contributed by atoms with van der Waals surface area (Å²) < 4.78 is 5.91. The van der Waals surface area contributed by atoms with Crippen LogP contribution in [0.15, 0.2) is 18.2 Å². The lowest BCUT2D eigenvalue weighted by Crippen LogP contribution is -2.45. The molecule has 2 heteroatoms. The molecular weight excluding hydrogens is 210 g/mol. The number of benzene rings is 1. The first kappa shape index (κ1) is 11.2. The zero-order valence-corrected chi connectivity index (χ0v) is 10.7. The maximum atomic E-state index is 5.91. The minimum atomic E-state index is 0.385. The standard InChI is InChI=1S/C15H21NO/c1-10(2)12-5-3-4-11-6-7-13-15(14(11)12)16-8-9-17-13/h3-5,10,13,15-16H,6-9H2,1-2H3. The van der Waals surface area contributed by atoms with Gasteiger partial charge in [-0.15, -0.1) is 0 Å². The fraction of sp³-hybridized carbons (Fsp3) is 0.600. The van der Waals surface area contributed by atoms with Gasteiger partial charge in [0.2, 0.25) is 0 Å². The molecule has 0 radical (unpaired) electrons. The SMILES string of the molecule is CC(C)c1cccc2c1C1NCCOC1CC2. The van der Waals surface area contributed by atoms with Gasteiger partial charge in [-0.2, -0.15) is 0 Å². The summed E-state index contributed by atoms with van der Waals surface area (Å²) in [5.41, 5.74) is 4.55. The van der Waals surface area contributed by atoms with Crippen molar-refractivity contribution in [2.24, 2.45) is 0 Å². The van der Waals surface area contributed by atoms with Crippen LogP contribution in [0, 0.1) is 0 Å². The van der Waals surface area contributed by atoms with Crippen LogP contribution in [-0.4, -0.2) is 19.3 Å². The maximum absolute atomic E-state index is 5.91. The van der Waals surface area contributed by atoms with Crippen molar-refractivity contribution in [1.82, 2.24) is 5.32 Å². The third-order valence-electron chi connectivity index (χ3n) is 4.03. The Kier molecular flexibility index (Phi) is 2.93. The first-order valence-corrected chi connectivity index (χ1v) is 6.74. The number of hydrogen-bond donors (Lipinski definition) is 1. The van der Waals surface area contributed by atoms with Gasteiger partial charge in [-0.1, -0.05) is 32.0 Å². The van der Waals surface area contributed by atoms with Gasteiger partial charge in [-0.05, 0) is 35.4 Å². The van der Waals surface area contributed by atoms with E-state index in [1.165, 1.54) is 23.1 Å². The summed E-state index contributed by atoms with van der Waals surface area (Å²) in [6.45, 7) is 6.40. The van der Waals surface area contributed by atoms with Crippen LogP contribution in [0.1, 0.15) is 48.9 Å². The molecule has 1 saturated heterocycles. The highest BCUT2D eigenvalue weighted by Crippen LogP contribution is 2.37. The third-order valence-corrected chi connectivity index (χ3v) is 4.03. The van der Waals surface area contributed by atoms with E-state index < -0.39 is 0 Å². The van der Waals surface area contributed by atoms with Gasteiger partial charge in [0.15, 0.2) is 0 Å². The van der Waals surface area contributed by atoms with Gasteiger partial charge in [-0.25, -0.2) is 0 Å². The van der Waals surface area contributed by atoms with Crippen molar-refractivity contribution in [2.75, 3.05) is 13.2 Å². The van der Waals surface area contributed by atoms with Crippen molar-refractivity contribution in [3.63, 3.8) is 0 Å². The van der Waals surface area contributed by atoms with E-state index in [0.717, 1.165) is 19.6 Å². The highest BCUT2D eigenvalue weighted by Gasteiger charge is 2.34. The van der Waals surface area contributed by atoms with E-state index in [9.17, 15) is 0 Å². The number of aryl methyl sites for hydroxylation is 1. The van der Waals surface area contributed by atoms with Gasteiger partial charge in [0.05, 0.1) is 18.8 Å². The van der Waals surface area contributed by atoms with Crippen LogP contribution < -0.4 is 5.32 Å². The van der Waals surface area contributed by atoms with E-state index in [-0.39, 0.29) is 0 Å². The summed E-state index contributed by atoms with van der Waals surface area (Å²) in [5.74, 6) is 0.590. The largest absolute Gasteiger partial charge is 0.375 e. The number of ether oxygens (including phenoxy) is 1. The molecule has 1 aliphatic heterocycles. The molecule has 0 amide bonds. The Hall–Kier alpha value is -0.860. The summed E-state index contributed by atoms with van der Waals surface area (Å²) in [7, 11) is 0. The molecule has 2 atom stereocenters. The molecule has 1 aliphatic carbocycles. The van der Waals surface area contributed by atoms with Crippen LogP contribution in [0.5, 0.6) is 0 Å². The minimum absolute atomic E-state index is 0.385. The summed E-state index contributed by atoms with van der Waals surface area (Å²) in [6, 6.07) is 7.19. The van der Waals surface area contributed by atoms with Crippen molar-refractivity contribution in [2.45, 2.75) is 44.8 Å². The first-order valence-electron chi connectivity index (χ1n) is 6.74. The molecule has 2 unspecified atom stereocenters. The molecule has 0 saturated carbocycles. The molecule has 1 aromatic rings. The molecule has 0 bridgehead atoms. The van der Waals surface area contributed by atoms with E-state index in [0.29, 0.717) is 18.1 Å². The molecule has 0 spiro atoms. The molecule has 1 N–H and O–H groups in total. The van der Waals surface area contributed by atoms with Crippen molar-refractivity contribution >= 4 is 0 Å². The Balaban J connectivity index is 2.06. The highest BCUT2D eigenvalue weighted by molar-refractivity contribution is 5.42. The molecule has 1 aromatic carbocycles. The summed E-state index contributed by atoms with van der Waals surface area (Å²) in [5, 5.41) is 3.65. The second-order valence-corrected chi connectivity index (χ2v) is 5.45. The molecule has 0 aromatic heterocycles. The van der Waals surface area contributed by atoms with Crippen LogP contribution in [-0.2, 0) is 11.2 Å². The van der Waals surface area contributed by atoms with Crippen LogP contribution in [0.4, 0.5) is 0 Å². The number of fused-ring (bicyclic) bond motifs is 3. The van der Waals surface area contributed by atoms with Crippen molar-refractivity contribution < 1.29 is 4.74 Å². The Morgan fingerprint density at radius 2 is 2.24 bits per heavy atom. The Labute approximate surface area is 103 Å². The van der Waals surface area contributed by atoms with Gasteiger partial charge in [0.1, 0.15) is 0 Å². The summed E-state index contributed by atoms with van der Waals surface area (Å²) in [6.07, 6.45) is 2.71. The second kappa shape index (κ2) is 4.43. The summed E-state index contributed by atoms with van der Waals surface area (Å²) in [4.78, 5) is 0. The van der Waals surface area contributed by atoms with Crippen molar-refractivity contribution in [3.8, 4) is 0 Å². The molecule has 1 heterocycles. The van der Waals surface area contributed by atoms with Crippen LogP contribution >= 0.6 is 0 Å². The Morgan fingerprint density at radius 3 is 3.06 bits per heavy atom. The smallest absolute Gasteiger partial charge is 0.0773 e. The molecule has 2 nitrogen and oxygen atoms in total. The lowest BCUT2D eigenvalue weighted by molar-refractivity contribution is -0.0141. The molecular formula is C15H21NO. The number of morpholine rings is 1. The monoisotopic (exact) mass is 231 g/mol. The second-order valence-electron chi connectivity index (χ2n) is 5.45. The van der Waals surface area contributed by atoms with Gasteiger partial charge >= 0.3 is 0 Å². The van der Waals surface area contributed by atoms with Crippen LogP contribution in [0.25, 0.3) is 0 Å². The summed E-state index contributed by atoms with van der Waals surface area (Å²) >= 11 is 0. The number of hydrogen-bond acceptors (Lipinski definition) is 2. The first-order chi connectivity index (χ1) is 8.27. The minimum Gasteiger partial charge on any atom is -0.375 e. The topological polar surface area (TPSA) is 21.3 Å². The Bertz CT molecular complexity index is 413. The van der Waals surface area contributed by atoms with Gasteiger partial charge in [0.25, 0.3) is 0 Å². The molecule has 17 heavy (non-hydrogen) atoms. The number of rotatable bonds is 1. The van der Waals surface area contributed by atoms with Crippen LogP contribution in [0.2, 0.25) is 0 Å². The molecule has 1 fully saturated rings. The van der Waals surface area contributed by atoms with Gasteiger partial charge in [0, 0.05) is 6.54 Å². The maximum Gasteiger partial charge on any atom is 0.0773 e. The van der Waals surface area contributed by atoms with Crippen molar-refractivity contribution in [3.05, 3.63) is 34.9 Å². The quantitative estimate of drug-likeness (QED) is 0.802. The zero-order valence-electron chi connectivity index (χ0n) is 10.7. The average molecular weight is 231 g/mol. The molecule has 2 aliphatic rings.